The predicted octanol–water partition coefficient (Wildman–Crippen LogP) is 1.15. The van der Waals surface area contributed by atoms with Crippen molar-refractivity contribution in [2.24, 2.45) is 5.84 Å². The van der Waals surface area contributed by atoms with Crippen LogP contribution < -0.4 is 16.5 Å². The van der Waals surface area contributed by atoms with Gasteiger partial charge in [0, 0.05) is 18.5 Å². The molecule has 2 aromatic rings. The highest BCUT2D eigenvalue weighted by molar-refractivity contribution is 6.30. The molecule has 0 bridgehead atoms. The van der Waals surface area contributed by atoms with Crippen LogP contribution in [0, 0.1) is 0 Å². The van der Waals surface area contributed by atoms with E-state index in [-0.39, 0.29) is 5.95 Å². The summed E-state index contributed by atoms with van der Waals surface area (Å²) in [5.74, 6) is 6.35. The van der Waals surface area contributed by atoms with Gasteiger partial charge in [0.05, 0.1) is 5.69 Å². The fraction of sp³-hybridized carbons (Fsp3) is 0.250. The van der Waals surface area contributed by atoms with E-state index in [1.54, 1.807) is 31.3 Å². The molecule has 7 heteroatoms. The van der Waals surface area contributed by atoms with Crippen molar-refractivity contribution in [1.82, 2.24) is 14.5 Å². The van der Waals surface area contributed by atoms with Gasteiger partial charge in [-0.15, -0.1) is 0 Å². The van der Waals surface area contributed by atoms with Gasteiger partial charge in [-0.05, 0) is 24.3 Å². The molecule has 6 nitrogen and oxygen atoms in total. The molecule has 0 saturated heterocycles. The van der Waals surface area contributed by atoms with E-state index in [2.05, 4.69) is 9.97 Å². The Kier molecular flexibility index (Phi) is 3.82. The van der Waals surface area contributed by atoms with Crippen LogP contribution in [0.1, 0.15) is 12.7 Å². The molecule has 0 atom stereocenters. The first kappa shape index (κ1) is 13.5. The molecule has 2 N–H and O–H groups in total. The summed E-state index contributed by atoms with van der Waals surface area (Å²) >= 11 is 5.84. The van der Waals surface area contributed by atoms with Crippen molar-refractivity contribution in [2.45, 2.75) is 13.3 Å². The lowest BCUT2D eigenvalue weighted by molar-refractivity contribution is 0.749. The maximum atomic E-state index is 12.1. The molecule has 0 unspecified atom stereocenters. The van der Waals surface area contributed by atoms with Crippen molar-refractivity contribution in [1.29, 1.82) is 0 Å². The fourth-order valence-electron chi connectivity index (χ4n) is 1.68. The van der Waals surface area contributed by atoms with Crippen molar-refractivity contribution in [3.05, 3.63) is 45.6 Å². The van der Waals surface area contributed by atoms with Crippen LogP contribution in [0.5, 0.6) is 0 Å². The van der Waals surface area contributed by atoms with Gasteiger partial charge in [0.2, 0.25) is 5.95 Å². The van der Waals surface area contributed by atoms with Crippen LogP contribution in [0.2, 0.25) is 5.02 Å². The Labute approximate surface area is 115 Å². The summed E-state index contributed by atoms with van der Waals surface area (Å²) in [4.78, 5) is 20.2. The molecule has 0 fully saturated rings. The smallest absolute Gasteiger partial charge is 0.282 e. The molecule has 0 saturated carbocycles. The number of nitrogens with two attached hydrogens (primary N) is 1. The highest BCUT2D eigenvalue weighted by Crippen LogP contribution is 2.14. The Balaban J connectivity index is 2.63. The van der Waals surface area contributed by atoms with Gasteiger partial charge in [0.15, 0.2) is 0 Å². The number of hydrazine groups is 1. The van der Waals surface area contributed by atoms with E-state index in [0.717, 1.165) is 0 Å². The average molecular weight is 280 g/mol. The van der Waals surface area contributed by atoms with E-state index >= 15 is 0 Å². The molecule has 1 heterocycles. The molecule has 100 valence electrons. The molecule has 2 rings (SSSR count). The molecule has 0 amide bonds. The number of halogens is 1. The molecular weight excluding hydrogens is 266 g/mol. The first-order valence-electron chi connectivity index (χ1n) is 5.77. The number of hydrogen-bond acceptors (Lipinski definition) is 5. The summed E-state index contributed by atoms with van der Waals surface area (Å²) in [6.45, 7) is 1.91. The van der Waals surface area contributed by atoms with E-state index in [4.69, 9.17) is 17.4 Å². The summed E-state index contributed by atoms with van der Waals surface area (Å²) in [5, 5.41) is 1.82. The molecule has 19 heavy (non-hydrogen) atoms. The van der Waals surface area contributed by atoms with Crippen LogP contribution in [0.3, 0.4) is 0 Å². The zero-order valence-corrected chi connectivity index (χ0v) is 11.4. The summed E-state index contributed by atoms with van der Waals surface area (Å²) in [5.41, 5.74) is 0.263. The summed E-state index contributed by atoms with van der Waals surface area (Å²) in [6, 6.07) is 6.92. The standard InChI is InChI=1S/C12H14ClN5O/c1-3-10-15-11(17(2)14)16-12(19)18(10)9-6-4-8(13)5-7-9/h4-7H,3,14H2,1-2H3. The number of aryl methyl sites for hydroxylation is 1. The summed E-state index contributed by atoms with van der Waals surface area (Å²) < 4.78 is 1.45. The van der Waals surface area contributed by atoms with E-state index < -0.39 is 5.69 Å². The molecule has 0 radical (unpaired) electrons. The van der Waals surface area contributed by atoms with Crippen LogP contribution in [0.4, 0.5) is 5.95 Å². The minimum absolute atomic E-state index is 0.201. The second-order valence-corrected chi connectivity index (χ2v) is 4.44. The molecule has 0 aliphatic carbocycles. The Morgan fingerprint density at radius 3 is 2.47 bits per heavy atom. The highest BCUT2D eigenvalue weighted by atomic mass is 35.5. The van der Waals surface area contributed by atoms with Crippen molar-refractivity contribution in [2.75, 3.05) is 12.1 Å². The zero-order valence-electron chi connectivity index (χ0n) is 10.7. The van der Waals surface area contributed by atoms with E-state index in [0.29, 0.717) is 23.0 Å². The quantitative estimate of drug-likeness (QED) is 0.674. The topological polar surface area (TPSA) is 77.0 Å². The third-order valence-corrected chi connectivity index (χ3v) is 2.84. The number of hydrogen-bond donors (Lipinski definition) is 1. The SMILES string of the molecule is CCc1nc(N(C)N)nc(=O)n1-c1ccc(Cl)cc1. The highest BCUT2D eigenvalue weighted by Gasteiger charge is 2.11. The van der Waals surface area contributed by atoms with Crippen LogP contribution >= 0.6 is 11.6 Å². The van der Waals surface area contributed by atoms with Crippen LogP contribution in [0.15, 0.2) is 29.1 Å². The van der Waals surface area contributed by atoms with E-state index in [9.17, 15) is 4.79 Å². The fourth-order valence-corrected chi connectivity index (χ4v) is 1.81. The van der Waals surface area contributed by atoms with Gasteiger partial charge in [-0.3, -0.25) is 5.01 Å². The number of nitrogens with zero attached hydrogens (tertiary/aromatic N) is 4. The monoisotopic (exact) mass is 279 g/mol. The second kappa shape index (κ2) is 5.38. The third-order valence-electron chi connectivity index (χ3n) is 2.59. The average Bonchev–Trinajstić information content (AvgIpc) is 2.39. The summed E-state index contributed by atoms with van der Waals surface area (Å²) in [7, 11) is 1.58. The first-order valence-corrected chi connectivity index (χ1v) is 6.15. The van der Waals surface area contributed by atoms with Crippen molar-refractivity contribution >= 4 is 17.5 Å². The zero-order chi connectivity index (χ0) is 14.0. The van der Waals surface area contributed by atoms with Crippen molar-refractivity contribution in [3.8, 4) is 5.69 Å². The Bertz CT molecular complexity index is 636. The van der Waals surface area contributed by atoms with Gasteiger partial charge in [-0.2, -0.15) is 9.97 Å². The van der Waals surface area contributed by atoms with Crippen LogP contribution in [0.25, 0.3) is 5.69 Å². The number of rotatable bonds is 3. The predicted molar refractivity (Wildman–Crippen MR) is 74.6 cm³/mol. The van der Waals surface area contributed by atoms with Gasteiger partial charge in [0.25, 0.3) is 0 Å². The Morgan fingerprint density at radius 2 is 1.95 bits per heavy atom. The van der Waals surface area contributed by atoms with Crippen molar-refractivity contribution < 1.29 is 0 Å². The van der Waals surface area contributed by atoms with Gasteiger partial charge in [0.1, 0.15) is 5.82 Å². The maximum Gasteiger partial charge on any atom is 0.356 e. The molecular formula is C12H14ClN5O. The number of benzene rings is 1. The molecule has 0 spiro atoms. The second-order valence-electron chi connectivity index (χ2n) is 4.00. The molecule has 1 aromatic heterocycles. The minimum atomic E-state index is -0.415. The Morgan fingerprint density at radius 1 is 1.32 bits per heavy atom. The van der Waals surface area contributed by atoms with Gasteiger partial charge < -0.3 is 0 Å². The minimum Gasteiger partial charge on any atom is -0.282 e. The van der Waals surface area contributed by atoms with Gasteiger partial charge >= 0.3 is 5.69 Å². The Hall–Kier alpha value is -1.92. The third kappa shape index (κ3) is 2.74. The van der Waals surface area contributed by atoms with E-state index in [1.165, 1.54) is 9.58 Å². The van der Waals surface area contributed by atoms with Gasteiger partial charge in [-0.1, -0.05) is 18.5 Å². The lowest BCUT2D eigenvalue weighted by Gasteiger charge is -2.14. The molecule has 0 aliphatic rings. The number of anilines is 1. The van der Waals surface area contributed by atoms with Crippen LogP contribution in [-0.4, -0.2) is 21.6 Å². The number of aromatic nitrogens is 3. The molecule has 1 aromatic carbocycles. The van der Waals surface area contributed by atoms with Gasteiger partial charge in [-0.25, -0.2) is 15.2 Å². The lowest BCUT2D eigenvalue weighted by Crippen LogP contribution is -2.34. The van der Waals surface area contributed by atoms with Crippen LogP contribution in [-0.2, 0) is 6.42 Å². The molecule has 0 aliphatic heterocycles. The largest absolute Gasteiger partial charge is 0.356 e. The maximum absolute atomic E-state index is 12.1. The van der Waals surface area contributed by atoms with Crippen molar-refractivity contribution in [3.63, 3.8) is 0 Å². The lowest BCUT2D eigenvalue weighted by atomic mass is 10.3. The first-order chi connectivity index (χ1) is 9.02. The summed E-state index contributed by atoms with van der Waals surface area (Å²) in [6.07, 6.45) is 0.585. The van der Waals surface area contributed by atoms with E-state index in [1.807, 2.05) is 6.92 Å². The normalized spacial score (nSPS) is 10.5.